The molecule has 2 aromatic carbocycles. The predicted molar refractivity (Wildman–Crippen MR) is 109 cm³/mol. The van der Waals surface area contributed by atoms with E-state index in [-0.39, 0.29) is 0 Å². The molecule has 0 unspecified atom stereocenters. The third-order valence-corrected chi connectivity index (χ3v) is 5.35. The van der Waals surface area contributed by atoms with Gasteiger partial charge >= 0.3 is 5.97 Å². The Balaban J connectivity index is 2.10. The normalized spacial score (nSPS) is 24.5. The first-order valence-electron chi connectivity index (χ1n) is 9.76. The molecule has 5 atom stereocenters. The summed E-state index contributed by atoms with van der Waals surface area (Å²) in [5.74, 6) is -7.33. The fraction of sp³-hybridized carbons (Fsp3) is 0.333. The molecule has 1 heterocycles. The maximum atomic E-state index is 12.7. The number of benzene rings is 2. The first-order valence-corrected chi connectivity index (χ1v) is 9.76. The van der Waals surface area contributed by atoms with Crippen molar-refractivity contribution in [1.82, 2.24) is 0 Å². The topological polar surface area (TPSA) is 235 Å². The Morgan fingerprint density at radius 3 is 2.00 bits per heavy atom. The third-order valence-electron chi connectivity index (χ3n) is 5.35. The lowest BCUT2D eigenvalue weighted by atomic mass is 9.88. The van der Waals surface area contributed by atoms with E-state index >= 15 is 0 Å². The van der Waals surface area contributed by atoms with Crippen molar-refractivity contribution in [1.29, 1.82) is 0 Å². The highest BCUT2D eigenvalue weighted by atomic mass is 16.6. The molecule has 13 nitrogen and oxygen atoms in total. The Morgan fingerprint density at radius 2 is 1.47 bits per heavy atom. The molecule has 1 aliphatic rings. The molecule has 1 saturated heterocycles. The van der Waals surface area contributed by atoms with Crippen LogP contribution in [-0.2, 0) is 9.47 Å². The zero-order valence-corrected chi connectivity index (χ0v) is 17.5. The number of rotatable bonds is 5. The van der Waals surface area contributed by atoms with Crippen LogP contribution in [0.25, 0.3) is 0 Å². The molecule has 0 radical (unpaired) electrons. The molecule has 3 rings (SSSR count). The average molecular weight is 482 g/mol. The van der Waals surface area contributed by atoms with E-state index in [0.29, 0.717) is 6.07 Å². The number of esters is 1. The molecule has 0 bridgehead atoms. The monoisotopic (exact) mass is 482 g/mol. The maximum Gasteiger partial charge on any atom is 0.338 e. The largest absolute Gasteiger partial charge is 0.507 e. The van der Waals surface area contributed by atoms with Gasteiger partial charge in [-0.25, -0.2) is 4.79 Å². The van der Waals surface area contributed by atoms with Crippen LogP contribution in [0.3, 0.4) is 0 Å². The molecule has 1 fully saturated rings. The summed E-state index contributed by atoms with van der Waals surface area (Å²) < 4.78 is 10.6. The summed E-state index contributed by atoms with van der Waals surface area (Å²) in [7, 11) is 0. The number of Topliss-reactive ketones (excluding diaryl/α,β-unsaturated/α-hetero) is 1. The fourth-order valence-corrected chi connectivity index (χ4v) is 3.65. The van der Waals surface area contributed by atoms with Crippen LogP contribution < -0.4 is 0 Å². The van der Waals surface area contributed by atoms with E-state index in [1.54, 1.807) is 0 Å². The van der Waals surface area contributed by atoms with Gasteiger partial charge in [0.05, 0.1) is 17.7 Å². The lowest BCUT2D eigenvalue weighted by Crippen LogP contribution is -2.56. The van der Waals surface area contributed by atoms with E-state index in [9.17, 15) is 55.5 Å². The van der Waals surface area contributed by atoms with Gasteiger partial charge in [0.1, 0.15) is 47.2 Å². The van der Waals surface area contributed by atoms with Gasteiger partial charge in [-0.3, -0.25) is 4.79 Å². The number of carbonyl (C=O) groups excluding carboxylic acids is 2. The standard InChI is InChI=1S/C21H22O13/c1-6(23)13-8(24)4-9(25)14(17(13)30)19-20(18(31)16(29)12(5-22)33-19)34-21(32)7-2-10(26)15(28)11(27)3-7/h2-4,12,16,18-20,22,24-31H,5H2,1H3/t12-,16-,18+,19+,20-/m1/s1. The molecule has 34 heavy (non-hydrogen) atoms. The number of aromatic hydroxyl groups is 6. The maximum absolute atomic E-state index is 12.7. The number of phenolic OH excluding ortho intramolecular Hbond substituents is 6. The van der Waals surface area contributed by atoms with Crippen LogP contribution in [0.5, 0.6) is 34.5 Å². The van der Waals surface area contributed by atoms with Crippen LogP contribution in [0, 0.1) is 0 Å². The molecule has 0 aromatic heterocycles. The van der Waals surface area contributed by atoms with Crippen molar-refractivity contribution in [2.45, 2.75) is 37.4 Å². The van der Waals surface area contributed by atoms with Crippen LogP contribution in [0.1, 0.15) is 39.3 Å². The molecule has 0 aliphatic carbocycles. The minimum Gasteiger partial charge on any atom is -0.507 e. The number of ketones is 1. The molecule has 9 N–H and O–H groups in total. The van der Waals surface area contributed by atoms with Gasteiger partial charge in [0, 0.05) is 6.07 Å². The van der Waals surface area contributed by atoms with Crippen LogP contribution in [0.15, 0.2) is 18.2 Å². The number of ether oxygens (including phenoxy) is 2. The number of hydrogen-bond acceptors (Lipinski definition) is 13. The first kappa shape index (κ1) is 24.9. The quantitative estimate of drug-likeness (QED) is 0.149. The highest BCUT2D eigenvalue weighted by Gasteiger charge is 2.49. The highest BCUT2D eigenvalue weighted by molar-refractivity contribution is 6.00. The van der Waals surface area contributed by atoms with Gasteiger partial charge in [-0.2, -0.15) is 0 Å². The summed E-state index contributed by atoms with van der Waals surface area (Å²) in [5.41, 5.74) is -1.71. The second-order valence-electron chi connectivity index (χ2n) is 7.60. The Kier molecular flexibility index (Phi) is 6.74. The van der Waals surface area contributed by atoms with Gasteiger partial charge in [0.25, 0.3) is 0 Å². The number of aliphatic hydroxyl groups is 3. The second-order valence-corrected chi connectivity index (χ2v) is 7.60. The lowest BCUT2D eigenvalue weighted by molar-refractivity contribution is -0.232. The Labute approximate surface area is 190 Å². The van der Waals surface area contributed by atoms with Gasteiger partial charge < -0.3 is 55.4 Å². The molecule has 1 aliphatic heterocycles. The van der Waals surface area contributed by atoms with Crippen molar-refractivity contribution in [3.8, 4) is 34.5 Å². The Morgan fingerprint density at radius 1 is 0.882 bits per heavy atom. The summed E-state index contributed by atoms with van der Waals surface area (Å²) in [6, 6.07) is 2.17. The Hall–Kier alpha value is -3.78. The second kappa shape index (κ2) is 9.23. The molecule has 0 spiro atoms. The summed E-state index contributed by atoms with van der Waals surface area (Å²) >= 11 is 0. The number of aliphatic hydroxyl groups excluding tert-OH is 3. The lowest BCUT2D eigenvalue weighted by Gasteiger charge is -2.42. The van der Waals surface area contributed by atoms with Crippen molar-refractivity contribution >= 4 is 11.8 Å². The molecular formula is C21H22O13. The summed E-state index contributed by atoms with van der Waals surface area (Å²) in [6.07, 6.45) is -8.92. The van der Waals surface area contributed by atoms with Crippen LogP contribution >= 0.6 is 0 Å². The van der Waals surface area contributed by atoms with Gasteiger partial charge in [-0.15, -0.1) is 0 Å². The predicted octanol–water partition coefficient (Wildman–Crippen LogP) is -0.498. The number of carbonyl (C=O) groups is 2. The smallest absolute Gasteiger partial charge is 0.338 e. The van der Waals surface area contributed by atoms with E-state index in [1.165, 1.54) is 0 Å². The molecular weight excluding hydrogens is 460 g/mol. The molecule has 184 valence electrons. The van der Waals surface area contributed by atoms with Gasteiger partial charge in [-0.05, 0) is 19.1 Å². The zero-order valence-electron chi connectivity index (χ0n) is 17.5. The summed E-state index contributed by atoms with van der Waals surface area (Å²) in [5, 5.41) is 89.9. The van der Waals surface area contributed by atoms with E-state index < -0.39 is 100 Å². The van der Waals surface area contributed by atoms with Gasteiger partial charge in [-0.1, -0.05) is 0 Å². The van der Waals surface area contributed by atoms with Crippen LogP contribution in [-0.4, -0.2) is 88.7 Å². The van der Waals surface area contributed by atoms with Gasteiger partial charge in [0.2, 0.25) is 0 Å². The van der Waals surface area contributed by atoms with Crippen molar-refractivity contribution in [3.05, 3.63) is 34.9 Å². The summed E-state index contributed by atoms with van der Waals surface area (Å²) in [4.78, 5) is 24.5. The van der Waals surface area contributed by atoms with Crippen molar-refractivity contribution in [3.63, 3.8) is 0 Å². The molecule has 13 heteroatoms. The molecule has 0 saturated carbocycles. The van der Waals surface area contributed by atoms with Crippen LogP contribution in [0.4, 0.5) is 0 Å². The van der Waals surface area contributed by atoms with E-state index in [1.807, 2.05) is 0 Å². The third kappa shape index (κ3) is 4.24. The van der Waals surface area contributed by atoms with Crippen molar-refractivity contribution in [2.75, 3.05) is 6.61 Å². The zero-order chi connectivity index (χ0) is 25.5. The molecule has 0 amide bonds. The number of hydrogen-bond donors (Lipinski definition) is 9. The average Bonchev–Trinajstić information content (AvgIpc) is 2.75. The van der Waals surface area contributed by atoms with E-state index in [2.05, 4.69) is 0 Å². The summed E-state index contributed by atoms with van der Waals surface area (Å²) in [6.45, 7) is 0.169. The van der Waals surface area contributed by atoms with Crippen LogP contribution in [0.2, 0.25) is 0 Å². The first-order chi connectivity index (χ1) is 15.9. The highest BCUT2D eigenvalue weighted by Crippen LogP contribution is 2.47. The Bertz CT molecular complexity index is 1110. The minimum absolute atomic E-state index is 0.499. The van der Waals surface area contributed by atoms with E-state index in [0.717, 1.165) is 19.1 Å². The van der Waals surface area contributed by atoms with Gasteiger partial charge in [0.15, 0.2) is 29.1 Å². The fourth-order valence-electron chi connectivity index (χ4n) is 3.65. The van der Waals surface area contributed by atoms with Crippen molar-refractivity contribution in [2.24, 2.45) is 0 Å². The number of phenols is 6. The SMILES string of the molecule is CC(=O)c1c(O)cc(O)c([C@@H]2O[C@H](CO)[C@@H](O)[C@H](O)[C@H]2OC(=O)c2cc(O)c(O)c(O)c2)c1O. The minimum atomic E-state index is -1.97. The van der Waals surface area contributed by atoms with Crippen molar-refractivity contribution < 1.29 is 65.0 Å². The molecule has 2 aromatic rings. The van der Waals surface area contributed by atoms with E-state index in [4.69, 9.17) is 9.47 Å².